The van der Waals surface area contributed by atoms with Crippen molar-refractivity contribution in [3.05, 3.63) is 46.8 Å². The van der Waals surface area contributed by atoms with Gasteiger partial charge in [-0.1, -0.05) is 24.3 Å². The number of benzene rings is 1. The molecule has 0 saturated carbocycles. The predicted octanol–water partition coefficient (Wildman–Crippen LogP) is 0.944. The van der Waals surface area contributed by atoms with Crippen molar-refractivity contribution in [2.45, 2.75) is 0 Å². The second kappa shape index (κ2) is 6.11. The van der Waals surface area contributed by atoms with Gasteiger partial charge in [0.2, 0.25) is 11.6 Å². The minimum absolute atomic E-state index is 0.0794. The number of Topliss-reactive ketones (excluding diaryl/α,β-unsaturated/α-hetero) is 2. The van der Waals surface area contributed by atoms with Crippen molar-refractivity contribution in [2.75, 3.05) is 34.9 Å². The highest BCUT2D eigenvalue weighted by atomic mass is 16.5. The SMILES string of the molecule is COCC(=O)N(C)C1=C(N(C)C)C(=O)c2ccccc2C1=O. The van der Waals surface area contributed by atoms with Crippen LogP contribution >= 0.6 is 0 Å². The van der Waals surface area contributed by atoms with Crippen LogP contribution in [0.25, 0.3) is 0 Å². The maximum Gasteiger partial charge on any atom is 0.252 e. The molecule has 0 heterocycles. The van der Waals surface area contributed by atoms with Crippen LogP contribution in [0.15, 0.2) is 35.7 Å². The van der Waals surface area contributed by atoms with E-state index in [4.69, 9.17) is 4.74 Å². The number of ketones is 2. The Bertz CT molecular complexity index is 676. The summed E-state index contributed by atoms with van der Waals surface area (Å²) < 4.78 is 4.82. The number of likely N-dealkylation sites (N-methyl/N-ethyl adjacent to an activating group) is 2. The topological polar surface area (TPSA) is 66.9 Å². The summed E-state index contributed by atoms with van der Waals surface area (Å²) in [6, 6.07) is 6.62. The molecule has 2 rings (SSSR count). The third-order valence-corrected chi connectivity index (χ3v) is 3.50. The Morgan fingerprint density at radius 2 is 1.50 bits per heavy atom. The molecule has 116 valence electrons. The molecule has 1 aliphatic rings. The number of ether oxygens (including phenoxy) is 1. The van der Waals surface area contributed by atoms with E-state index in [0.717, 1.165) is 0 Å². The van der Waals surface area contributed by atoms with Crippen molar-refractivity contribution in [1.29, 1.82) is 0 Å². The van der Waals surface area contributed by atoms with E-state index in [0.29, 0.717) is 11.1 Å². The lowest BCUT2D eigenvalue weighted by atomic mass is 9.89. The van der Waals surface area contributed by atoms with Crippen molar-refractivity contribution in [1.82, 2.24) is 9.80 Å². The number of allylic oxidation sites excluding steroid dienone is 2. The molecule has 0 radical (unpaired) electrons. The molecule has 0 N–H and O–H groups in total. The van der Waals surface area contributed by atoms with Crippen molar-refractivity contribution in [2.24, 2.45) is 0 Å². The first kappa shape index (κ1) is 15.9. The van der Waals surface area contributed by atoms with Gasteiger partial charge in [0, 0.05) is 39.4 Å². The fraction of sp³-hybridized carbons (Fsp3) is 0.312. The van der Waals surface area contributed by atoms with Crippen molar-refractivity contribution < 1.29 is 19.1 Å². The molecule has 1 amide bonds. The third-order valence-electron chi connectivity index (χ3n) is 3.50. The summed E-state index contributed by atoms with van der Waals surface area (Å²) in [5.41, 5.74) is 0.948. The molecule has 0 aliphatic heterocycles. The highest BCUT2D eigenvalue weighted by molar-refractivity contribution is 6.27. The van der Waals surface area contributed by atoms with Gasteiger partial charge in [-0.25, -0.2) is 0 Å². The maximum absolute atomic E-state index is 12.8. The van der Waals surface area contributed by atoms with Crippen molar-refractivity contribution >= 4 is 17.5 Å². The normalized spacial score (nSPS) is 14.0. The van der Waals surface area contributed by atoms with Crippen LogP contribution in [0, 0.1) is 0 Å². The smallest absolute Gasteiger partial charge is 0.252 e. The van der Waals surface area contributed by atoms with Gasteiger partial charge in [-0.15, -0.1) is 0 Å². The summed E-state index contributed by atoms with van der Waals surface area (Å²) in [5.74, 6) is -1.00. The first-order chi connectivity index (χ1) is 10.4. The van der Waals surface area contributed by atoms with Gasteiger partial charge in [0.25, 0.3) is 5.91 Å². The molecule has 22 heavy (non-hydrogen) atoms. The van der Waals surface area contributed by atoms with E-state index in [1.807, 2.05) is 0 Å². The number of fused-ring (bicyclic) bond motifs is 1. The number of amides is 1. The number of nitrogens with zero attached hydrogens (tertiary/aromatic N) is 2. The van der Waals surface area contributed by atoms with Crippen molar-refractivity contribution in [3.63, 3.8) is 0 Å². The minimum Gasteiger partial charge on any atom is -0.375 e. The van der Waals surface area contributed by atoms with Crippen LogP contribution < -0.4 is 0 Å². The van der Waals surface area contributed by atoms with E-state index in [-0.39, 0.29) is 29.6 Å². The molecule has 6 nitrogen and oxygen atoms in total. The predicted molar refractivity (Wildman–Crippen MR) is 80.5 cm³/mol. The zero-order chi connectivity index (χ0) is 16.4. The van der Waals surface area contributed by atoms with Gasteiger partial charge in [-0.3, -0.25) is 14.4 Å². The number of carbonyl (C=O) groups excluding carboxylic acids is 3. The Labute approximate surface area is 129 Å². The molecule has 0 aromatic heterocycles. The van der Waals surface area contributed by atoms with Crippen LogP contribution in [-0.4, -0.2) is 62.1 Å². The third kappa shape index (κ3) is 2.53. The second-order valence-electron chi connectivity index (χ2n) is 5.18. The standard InChI is InChI=1S/C16H18N2O4/c1-17(2)13-14(18(3)12(19)9-22-4)16(21)11-8-6-5-7-10(11)15(13)20/h5-8H,9H2,1-4H3. The van der Waals surface area contributed by atoms with Crippen LogP contribution in [0.3, 0.4) is 0 Å². The van der Waals surface area contributed by atoms with Gasteiger partial charge in [-0.2, -0.15) is 0 Å². The number of hydrogen-bond acceptors (Lipinski definition) is 5. The molecular weight excluding hydrogens is 284 g/mol. The Kier molecular flexibility index (Phi) is 4.42. The molecule has 0 fully saturated rings. The van der Waals surface area contributed by atoms with Gasteiger partial charge in [0.05, 0.1) is 0 Å². The van der Waals surface area contributed by atoms with Crippen LogP contribution in [0.5, 0.6) is 0 Å². The number of methoxy groups -OCH3 is 1. The molecular formula is C16H18N2O4. The zero-order valence-electron chi connectivity index (χ0n) is 13.0. The molecule has 0 spiro atoms. The van der Waals surface area contributed by atoms with Gasteiger partial charge >= 0.3 is 0 Å². The largest absolute Gasteiger partial charge is 0.375 e. The van der Waals surface area contributed by atoms with Crippen LogP contribution in [0.4, 0.5) is 0 Å². The average Bonchev–Trinajstić information content (AvgIpc) is 2.49. The van der Waals surface area contributed by atoms with E-state index in [1.165, 1.54) is 19.1 Å². The van der Waals surface area contributed by atoms with E-state index in [1.54, 1.807) is 43.3 Å². The summed E-state index contributed by atoms with van der Waals surface area (Å²) in [6.07, 6.45) is 0. The fourth-order valence-corrected chi connectivity index (χ4v) is 2.42. The van der Waals surface area contributed by atoms with Crippen molar-refractivity contribution in [3.8, 4) is 0 Å². The van der Waals surface area contributed by atoms with Gasteiger partial charge in [0.1, 0.15) is 18.0 Å². The van der Waals surface area contributed by atoms with E-state index in [2.05, 4.69) is 0 Å². The first-order valence-electron chi connectivity index (χ1n) is 6.75. The fourth-order valence-electron chi connectivity index (χ4n) is 2.42. The lowest BCUT2D eigenvalue weighted by Crippen LogP contribution is -2.40. The quantitative estimate of drug-likeness (QED) is 0.828. The average molecular weight is 302 g/mol. The monoisotopic (exact) mass is 302 g/mol. The van der Waals surface area contributed by atoms with Crippen LogP contribution in [-0.2, 0) is 9.53 Å². The van der Waals surface area contributed by atoms with Gasteiger partial charge < -0.3 is 14.5 Å². The Morgan fingerprint density at radius 3 is 1.95 bits per heavy atom. The first-order valence-corrected chi connectivity index (χ1v) is 6.75. The second-order valence-corrected chi connectivity index (χ2v) is 5.18. The summed E-state index contributed by atoms with van der Waals surface area (Å²) in [7, 11) is 6.21. The number of rotatable bonds is 4. The lowest BCUT2D eigenvalue weighted by Gasteiger charge is -2.30. The van der Waals surface area contributed by atoms with Gasteiger partial charge in [-0.05, 0) is 0 Å². The Hall–Kier alpha value is -2.47. The summed E-state index contributed by atoms with van der Waals surface area (Å²) >= 11 is 0. The zero-order valence-corrected chi connectivity index (χ0v) is 13.0. The highest BCUT2D eigenvalue weighted by Gasteiger charge is 2.36. The van der Waals surface area contributed by atoms with E-state index in [9.17, 15) is 14.4 Å². The van der Waals surface area contributed by atoms with E-state index < -0.39 is 5.91 Å². The molecule has 1 aromatic rings. The van der Waals surface area contributed by atoms with Crippen LogP contribution in [0.2, 0.25) is 0 Å². The van der Waals surface area contributed by atoms with E-state index >= 15 is 0 Å². The molecule has 0 unspecified atom stereocenters. The summed E-state index contributed by atoms with van der Waals surface area (Å²) in [6.45, 7) is -0.163. The summed E-state index contributed by atoms with van der Waals surface area (Å²) in [5, 5.41) is 0. The van der Waals surface area contributed by atoms with Gasteiger partial charge in [0.15, 0.2) is 0 Å². The Balaban J connectivity index is 2.61. The number of carbonyl (C=O) groups is 3. The maximum atomic E-state index is 12.8. The van der Waals surface area contributed by atoms with Crippen LogP contribution in [0.1, 0.15) is 20.7 Å². The summed E-state index contributed by atoms with van der Waals surface area (Å²) in [4.78, 5) is 40.2. The number of hydrogen-bond donors (Lipinski definition) is 0. The molecule has 1 aliphatic carbocycles. The highest BCUT2D eigenvalue weighted by Crippen LogP contribution is 2.28. The molecule has 0 bridgehead atoms. The minimum atomic E-state index is -0.391. The molecule has 1 aromatic carbocycles. The molecule has 6 heteroatoms. The lowest BCUT2D eigenvalue weighted by molar-refractivity contribution is -0.131. The molecule has 0 saturated heterocycles. The Morgan fingerprint density at radius 1 is 1.00 bits per heavy atom. The molecule has 0 atom stereocenters.